The minimum atomic E-state index is -0.278. The van der Waals surface area contributed by atoms with Gasteiger partial charge < -0.3 is 4.90 Å². The monoisotopic (exact) mass is 399 g/mol. The van der Waals surface area contributed by atoms with Gasteiger partial charge in [0.05, 0.1) is 0 Å². The number of nitrogens with one attached hydrogen (secondary N) is 1. The van der Waals surface area contributed by atoms with Gasteiger partial charge in [0.25, 0.3) is 5.56 Å². The number of aromatic nitrogens is 3. The van der Waals surface area contributed by atoms with Crippen molar-refractivity contribution < 1.29 is 14.4 Å². The topological polar surface area (TPSA) is 108 Å². The van der Waals surface area contributed by atoms with Crippen LogP contribution in [-0.4, -0.2) is 61.8 Å². The van der Waals surface area contributed by atoms with Crippen molar-refractivity contribution in [3.8, 4) is 0 Å². The summed E-state index contributed by atoms with van der Waals surface area (Å²) in [6.45, 7) is 4.67. The van der Waals surface area contributed by atoms with E-state index in [0.29, 0.717) is 30.7 Å². The van der Waals surface area contributed by atoms with E-state index in [0.717, 1.165) is 29.1 Å². The zero-order chi connectivity index (χ0) is 20.7. The molecule has 1 N–H and O–H groups in total. The molecule has 2 aromatic heterocycles. The number of imide groups is 1. The zero-order valence-electron chi connectivity index (χ0n) is 16.7. The van der Waals surface area contributed by atoms with Gasteiger partial charge in [0, 0.05) is 54.9 Å². The molecule has 1 unspecified atom stereocenters. The molecule has 3 amide bonds. The number of H-pyrrole nitrogens is 1. The number of fused-ring (bicyclic) bond motifs is 1. The van der Waals surface area contributed by atoms with Crippen molar-refractivity contribution in [3.05, 3.63) is 33.4 Å². The molecule has 4 rings (SSSR count). The molecule has 154 valence electrons. The van der Waals surface area contributed by atoms with Gasteiger partial charge in [-0.3, -0.25) is 29.2 Å². The van der Waals surface area contributed by atoms with Crippen LogP contribution >= 0.6 is 0 Å². The summed E-state index contributed by atoms with van der Waals surface area (Å²) in [4.78, 5) is 56.2. The lowest BCUT2D eigenvalue weighted by Crippen LogP contribution is -2.46. The first-order valence-electron chi connectivity index (χ1n) is 10.1. The number of carbonyl (C=O) groups excluding carboxylic acids is 3. The van der Waals surface area contributed by atoms with Crippen molar-refractivity contribution in [2.75, 3.05) is 19.6 Å². The minimum absolute atomic E-state index is 0.0455. The van der Waals surface area contributed by atoms with Gasteiger partial charge in [-0.2, -0.15) is 0 Å². The van der Waals surface area contributed by atoms with Crippen LogP contribution in [0.15, 0.2) is 10.9 Å². The molecule has 0 saturated carbocycles. The fourth-order valence-corrected chi connectivity index (χ4v) is 4.30. The van der Waals surface area contributed by atoms with Crippen LogP contribution < -0.4 is 5.56 Å². The van der Waals surface area contributed by atoms with E-state index >= 15 is 0 Å². The molecule has 2 saturated heterocycles. The summed E-state index contributed by atoms with van der Waals surface area (Å²) in [5, 5.41) is 3.17. The highest BCUT2D eigenvalue weighted by Crippen LogP contribution is 2.27. The van der Waals surface area contributed by atoms with Crippen LogP contribution in [0.5, 0.6) is 0 Å². The molecule has 9 heteroatoms. The number of carbonyl (C=O) groups is 3. The Balaban J connectivity index is 1.53. The first kappa shape index (κ1) is 19.4. The molecule has 2 aliphatic rings. The largest absolute Gasteiger partial charge is 0.340 e. The van der Waals surface area contributed by atoms with Crippen LogP contribution in [0.2, 0.25) is 0 Å². The number of hydrogen-bond acceptors (Lipinski definition) is 5. The number of rotatable bonds is 4. The van der Waals surface area contributed by atoms with Gasteiger partial charge in [0.1, 0.15) is 6.54 Å². The van der Waals surface area contributed by atoms with Crippen LogP contribution in [-0.2, 0) is 20.8 Å². The van der Waals surface area contributed by atoms with Gasteiger partial charge in [-0.15, -0.1) is 0 Å². The Morgan fingerprint density at radius 2 is 1.97 bits per heavy atom. The first-order valence-corrected chi connectivity index (χ1v) is 10.1. The number of likely N-dealkylation sites (tertiary alicyclic amines) is 2. The van der Waals surface area contributed by atoms with Crippen molar-refractivity contribution in [2.24, 2.45) is 0 Å². The Kier molecular flexibility index (Phi) is 4.97. The number of nitrogens with zero attached hydrogens (tertiary/aromatic N) is 4. The Morgan fingerprint density at radius 1 is 1.24 bits per heavy atom. The second kappa shape index (κ2) is 7.46. The van der Waals surface area contributed by atoms with E-state index < -0.39 is 0 Å². The zero-order valence-corrected chi connectivity index (χ0v) is 16.7. The predicted molar refractivity (Wildman–Crippen MR) is 104 cm³/mol. The lowest BCUT2D eigenvalue weighted by molar-refractivity contribution is -0.146. The Labute approximate surface area is 167 Å². The molecule has 4 heterocycles. The van der Waals surface area contributed by atoms with Crippen molar-refractivity contribution in [1.82, 2.24) is 24.4 Å². The van der Waals surface area contributed by atoms with Crippen molar-refractivity contribution >= 4 is 23.4 Å². The molecule has 0 bridgehead atoms. The summed E-state index contributed by atoms with van der Waals surface area (Å²) in [5.41, 5.74) is 2.79. The molecule has 2 aromatic rings. The Hall–Kier alpha value is -2.97. The summed E-state index contributed by atoms with van der Waals surface area (Å²) in [6, 6.07) is 1.88. The van der Waals surface area contributed by atoms with E-state index in [1.807, 2.05) is 19.9 Å². The highest BCUT2D eigenvalue weighted by molar-refractivity contribution is 6.04. The van der Waals surface area contributed by atoms with E-state index in [1.54, 1.807) is 4.90 Å². The number of aromatic amines is 1. The maximum Gasteiger partial charge on any atom is 0.276 e. The molecule has 29 heavy (non-hydrogen) atoms. The summed E-state index contributed by atoms with van der Waals surface area (Å²) in [7, 11) is 0. The first-order chi connectivity index (χ1) is 13.9. The van der Waals surface area contributed by atoms with Crippen molar-refractivity contribution in [1.29, 1.82) is 0 Å². The van der Waals surface area contributed by atoms with E-state index in [-0.39, 0.29) is 48.6 Å². The highest BCUT2D eigenvalue weighted by Gasteiger charge is 2.33. The molecule has 2 fully saturated rings. The molecule has 2 aliphatic heterocycles. The lowest BCUT2D eigenvalue weighted by Gasteiger charge is -2.33. The molecule has 0 radical (unpaired) electrons. The van der Waals surface area contributed by atoms with Crippen molar-refractivity contribution in [3.63, 3.8) is 0 Å². The fourth-order valence-electron chi connectivity index (χ4n) is 4.30. The summed E-state index contributed by atoms with van der Waals surface area (Å²) in [6.07, 6.45) is 2.69. The molecule has 9 nitrogen and oxygen atoms in total. The normalized spacial score (nSPS) is 20.1. The molecule has 1 atom stereocenters. The summed E-state index contributed by atoms with van der Waals surface area (Å²) in [5.74, 6) is -0.724. The molecule has 0 spiro atoms. The van der Waals surface area contributed by atoms with E-state index in [1.165, 1.54) is 4.52 Å². The second-order valence-electron chi connectivity index (χ2n) is 7.79. The predicted octanol–water partition coefficient (Wildman–Crippen LogP) is 0.748. The van der Waals surface area contributed by atoms with E-state index in [2.05, 4.69) is 10.1 Å². The molecular formula is C20H25N5O4. The van der Waals surface area contributed by atoms with Gasteiger partial charge in [-0.25, -0.2) is 9.50 Å². The van der Waals surface area contributed by atoms with E-state index in [9.17, 15) is 19.2 Å². The van der Waals surface area contributed by atoms with Gasteiger partial charge in [-0.05, 0) is 26.2 Å². The number of hydrogen-bond donors (Lipinski definition) is 1. The lowest BCUT2D eigenvalue weighted by atomic mass is 9.95. The molecule has 0 aromatic carbocycles. The minimum Gasteiger partial charge on any atom is -0.340 e. The maximum atomic E-state index is 12.7. The second-order valence-corrected chi connectivity index (χ2v) is 7.79. The standard InChI is InChI=1S/C20H25N5O4/c1-3-14-12(2)21-16-9-15(22-25(16)20(14)29)13-5-4-8-23(10-13)19(28)11-24-17(26)6-7-18(24)27/h9,13,22H,3-8,10-11H2,1-2H3. The van der Waals surface area contributed by atoms with Gasteiger partial charge in [0.2, 0.25) is 17.7 Å². The van der Waals surface area contributed by atoms with Crippen LogP contribution in [0.3, 0.4) is 0 Å². The smallest absolute Gasteiger partial charge is 0.276 e. The average Bonchev–Trinajstić information content (AvgIpc) is 3.27. The van der Waals surface area contributed by atoms with Gasteiger partial charge in [-0.1, -0.05) is 6.92 Å². The van der Waals surface area contributed by atoms with Crippen LogP contribution in [0.25, 0.3) is 5.65 Å². The van der Waals surface area contributed by atoms with Crippen LogP contribution in [0, 0.1) is 6.92 Å². The van der Waals surface area contributed by atoms with Gasteiger partial charge in [0.15, 0.2) is 5.65 Å². The fraction of sp³-hybridized carbons (Fsp3) is 0.550. The number of piperidine rings is 1. The van der Waals surface area contributed by atoms with E-state index in [4.69, 9.17) is 0 Å². The highest BCUT2D eigenvalue weighted by atomic mass is 16.2. The third-order valence-corrected chi connectivity index (χ3v) is 5.95. The third kappa shape index (κ3) is 3.45. The maximum absolute atomic E-state index is 12.7. The Morgan fingerprint density at radius 3 is 2.66 bits per heavy atom. The molecule has 0 aliphatic carbocycles. The number of aryl methyl sites for hydroxylation is 1. The van der Waals surface area contributed by atoms with Crippen LogP contribution in [0.1, 0.15) is 55.5 Å². The van der Waals surface area contributed by atoms with Gasteiger partial charge >= 0.3 is 0 Å². The summed E-state index contributed by atoms with van der Waals surface area (Å²) >= 11 is 0. The summed E-state index contributed by atoms with van der Waals surface area (Å²) < 4.78 is 1.48. The number of amides is 3. The quantitative estimate of drug-likeness (QED) is 0.764. The molecular weight excluding hydrogens is 374 g/mol. The van der Waals surface area contributed by atoms with Crippen LogP contribution in [0.4, 0.5) is 0 Å². The Bertz CT molecular complexity index is 1040. The van der Waals surface area contributed by atoms with Crippen molar-refractivity contribution in [2.45, 2.75) is 51.9 Å². The third-order valence-electron chi connectivity index (χ3n) is 5.95. The average molecular weight is 399 g/mol. The SMILES string of the molecule is CCc1c(C)nc2cc(C3CCCN(C(=O)CN4C(=O)CCC4=O)C3)[nH]n2c1=O.